The van der Waals surface area contributed by atoms with Crippen LogP contribution in [0.1, 0.15) is 39.0 Å². The number of hydrogen-bond acceptors (Lipinski definition) is 2. The fraction of sp³-hybridized carbons (Fsp3) is 0.562. The SMILES string of the molecule is CCN(C(=O)CNC1CCCCC1)c1ccccc1. The van der Waals surface area contributed by atoms with E-state index in [0.717, 1.165) is 12.2 Å². The van der Waals surface area contributed by atoms with Crippen molar-refractivity contribution in [1.29, 1.82) is 0 Å². The zero-order chi connectivity index (χ0) is 13.5. The summed E-state index contributed by atoms with van der Waals surface area (Å²) in [6, 6.07) is 10.4. The molecule has 0 bridgehead atoms. The molecule has 0 aliphatic heterocycles. The van der Waals surface area contributed by atoms with Crippen LogP contribution in [0.15, 0.2) is 30.3 Å². The Bertz CT molecular complexity index is 385. The average molecular weight is 260 g/mol. The van der Waals surface area contributed by atoms with E-state index in [1.165, 1.54) is 32.1 Å². The van der Waals surface area contributed by atoms with E-state index in [1.807, 2.05) is 42.2 Å². The molecule has 0 spiro atoms. The molecule has 1 aromatic rings. The minimum atomic E-state index is 0.166. The van der Waals surface area contributed by atoms with E-state index in [4.69, 9.17) is 0 Å². The Morgan fingerprint density at radius 1 is 1.21 bits per heavy atom. The zero-order valence-electron chi connectivity index (χ0n) is 11.8. The molecule has 19 heavy (non-hydrogen) atoms. The summed E-state index contributed by atoms with van der Waals surface area (Å²) in [5.74, 6) is 0.166. The summed E-state index contributed by atoms with van der Waals surface area (Å²) in [5, 5.41) is 3.41. The lowest BCUT2D eigenvalue weighted by Gasteiger charge is -2.25. The predicted octanol–water partition coefficient (Wildman–Crippen LogP) is 2.96. The molecule has 1 aromatic carbocycles. The van der Waals surface area contributed by atoms with Gasteiger partial charge in [-0.1, -0.05) is 37.5 Å². The Hall–Kier alpha value is -1.35. The highest BCUT2D eigenvalue weighted by atomic mass is 16.2. The number of carbonyl (C=O) groups excluding carboxylic acids is 1. The van der Waals surface area contributed by atoms with Gasteiger partial charge < -0.3 is 10.2 Å². The molecule has 3 nitrogen and oxygen atoms in total. The number of rotatable bonds is 5. The lowest BCUT2D eigenvalue weighted by molar-refractivity contribution is -0.117. The molecule has 0 unspecified atom stereocenters. The maximum atomic E-state index is 12.3. The summed E-state index contributed by atoms with van der Waals surface area (Å²) >= 11 is 0. The summed E-state index contributed by atoms with van der Waals surface area (Å²) in [6.07, 6.45) is 6.36. The van der Waals surface area contributed by atoms with Crippen LogP contribution in [0.4, 0.5) is 5.69 Å². The first kappa shape index (κ1) is 14.1. The molecule has 104 valence electrons. The molecule has 0 heterocycles. The molecule has 0 atom stereocenters. The van der Waals surface area contributed by atoms with Crippen LogP contribution in [-0.4, -0.2) is 25.0 Å². The highest BCUT2D eigenvalue weighted by Crippen LogP contribution is 2.17. The molecular formula is C16H24N2O. The van der Waals surface area contributed by atoms with Crippen molar-refractivity contribution in [3.63, 3.8) is 0 Å². The van der Waals surface area contributed by atoms with Crippen LogP contribution in [0, 0.1) is 0 Å². The van der Waals surface area contributed by atoms with Crippen LogP contribution in [0.5, 0.6) is 0 Å². The third-order valence-electron chi connectivity index (χ3n) is 3.83. The summed E-state index contributed by atoms with van der Waals surface area (Å²) < 4.78 is 0. The second-order valence-corrected chi connectivity index (χ2v) is 5.19. The number of anilines is 1. The van der Waals surface area contributed by atoms with E-state index in [0.29, 0.717) is 12.6 Å². The molecule has 1 aliphatic carbocycles. The van der Waals surface area contributed by atoms with Gasteiger partial charge in [0, 0.05) is 18.3 Å². The molecule has 0 aromatic heterocycles. The van der Waals surface area contributed by atoms with Crippen molar-refractivity contribution in [3.05, 3.63) is 30.3 Å². The first-order valence-corrected chi connectivity index (χ1v) is 7.40. The van der Waals surface area contributed by atoms with Crippen LogP contribution in [0.25, 0.3) is 0 Å². The number of carbonyl (C=O) groups is 1. The predicted molar refractivity (Wildman–Crippen MR) is 79.3 cm³/mol. The Balaban J connectivity index is 1.86. The zero-order valence-corrected chi connectivity index (χ0v) is 11.8. The third kappa shape index (κ3) is 4.06. The molecule has 1 aliphatic rings. The molecule has 3 heteroatoms. The Labute approximate surface area is 116 Å². The van der Waals surface area contributed by atoms with Crippen molar-refractivity contribution in [1.82, 2.24) is 5.32 Å². The largest absolute Gasteiger partial charge is 0.312 e. The van der Waals surface area contributed by atoms with Crippen molar-refractivity contribution in [2.24, 2.45) is 0 Å². The number of amides is 1. The molecule has 1 N–H and O–H groups in total. The Morgan fingerprint density at radius 3 is 2.53 bits per heavy atom. The van der Waals surface area contributed by atoms with E-state index in [-0.39, 0.29) is 5.91 Å². The molecular weight excluding hydrogens is 236 g/mol. The summed E-state index contributed by atoms with van der Waals surface area (Å²) in [5.41, 5.74) is 0.987. The fourth-order valence-corrected chi connectivity index (χ4v) is 2.74. The fourth-order valence-electron chi connectivity index (χ4n) is 2.74. The highest BCUT2D eigenvalue weighted by molar-refractivity contribution is 5.94. The first-order valence-electron chi connectivity index (χ1n) is 7.40. The van der Waals surface area contributed by atoms with Gasteiger partial charge in [0.05, 0.1) is 6.54 Å². The van der Waals surface area contributed by atoms with Gasteiger partial charge >= 0.3 is 0 Å². The first-order chi connectivity index (χ1) is 9.31. The average Bonchev–Trinajstić information content (AvgIpc) is 2.48. The van der Waals surface area contributed by atoms with E-state index < -0.39 is 0 Å². The van der Waals surface area contributed by atoms with Crippen molar-refractivity contribution >= 4 is 11.6 Å². The van der Waals surface area contributed by atoms with E-state index >= 15 is 0 Å². The van der Waals surface area contributed by atoms with Gasteiger partial charge in [-0.15, -0.1) is 0 Å². The summed E-state index contributed by atoms with van der Waals surface area (Å²) in [7, 11) is 0. The van der Waals surface area contributed by atoms with E-state index in [1.54, 1.807) is 0 Å². The lowest BCUT2D eigenvalue weighted by atomic mass is 9.95. The summed E-state index contributed by atoms with van der Waals surface area (Å²) in [4.78, 5) is 14.1. The van der Waals surface area contributed by atoms with Crippen molar-refractivity contribution in [2.45, 2.75) is 45.1 Å². The van der Waals surface area contributed by atoms with Gasteiger partial charge in [-0.05, 0) is 31.9 Å². The molecule has 1 fully saturated rings. The molecule has 1 amide bonds. The number of nitrogens with zero attached hydrogens (tertiary/aromatic N) is 1. The second kappa shape index (κ2) is 7.29. The van der Waals surface area contributed by atoms with Crippen molar-refractivity contribution in [2.75, 3.05) is 18.0 Å². The van der Waals surface area contributed by atoms with Crippen LogP contribution in [0.2, 0.25) is 0 Å². The smallest absolute Gasteiger partial charge is 0.240 e. The number of benzene rings is 1. The Morgan fingerprint density at radius 2 is 1.89 bits per heavy atom. The molecule has 2 rings (SSSR count). The van der Waals surface area contributed by atoms with Crippen LogP contribution in [0.3, 0.4) is 0 Å². The minimum Gasteiger partial charge on any atom is -0.312 e. The quantitative estimate of drug-likeness (QED) is 0.882. The third-order valence-corrected chi connectivity index (χ3v) is 3.83. The number of para-hydroxylation sites is 1. The van der Waals surface area contributed by atoms with Crippen LogP contribution < -0.4 is 10.2 Å². The van der Waals surface area contributed by atoms with Crippen LogP contribution >= 0.6 is 0 Å². The van der Waals surface area contributed by atoms with Gasteiger partial charge in [0.25, 0.3) is 0 Å². The lowest BCUT2D eigenvalue weighted by Crippen LogP contribution is -2.42. The standard InChI is InChI=1S/C16H24N2O/c1-2-18(15-11-7-4-8-12-15)16(19)13-17-14-9-5-3-6-10-14/h4,7-8,11-12,14,17H,2-3,5-6,9-10,13H2,1H3. The van der Waals surface area contributed by atoms with Crippen molar-refractivity contribution < 1.29 is 4.79 Å². The van der Waals surface area contributed by atoms with Gasteiger partial charge in [-0.25, -0.2) is 0 Å². The molecule has 1 saturated carbocycles. The molecule has 0 radical (unpaired) electrons. The van der Waals surface area contributed by atoms with Crippen molar-refractivity contribution in [3.8, 4) is 0 Å². The van der Waals surface area contributed by atoms with E-state index in [9.17, 15) is 4.79 Å². The van der Waals surface area contributed by atoms with E-state index in [2.05, 4.69) is 5.32 Å². The van der Waals surface area contributed by atoms with Crippen LogP contribution in [-0.2, 0) is 4.79 Å². The Kier molecular flexibility index (Phi) is 5.40. The summed E-state index contributed by atoms with van der Waals surface area (Å²) in [6.45, 7) is 3.19. The highest BCUT2D eigenvalue weighted by Gasteiger charge is 2.17. The monoisotopic (exact) mass is 260 g/mol. The second-order valence-electron chi connectivity index (χ2n) is 5.19. The minimum absolute atomic E-state index is 0.166. The maximum Gasteiger partial charge on any atom is 0.240 e. The van der Waals surface area contributed by atoms with Gasteiger partial charge in [-0.2, -0.15) is 0 Å². The van der Waals surface area contributed by atoms with Gasteiger partial charge in [-0.3, -0.25) is 4.79 Å². The number of nitrogens with one attached hydrogen (secondary N) is 1. The molecule has 0 saturated heterocycles. The normalized spacial score (nSPS) is 16.3. The van der Waals surface area contributed by atoms with Gasteiger partial charge in [0.15, 0.2) is 0 Å². The number of likely N-dealkylation sites (N-methyl/N-ethyl adjacent to an activating group) is 1. The van der Waals surface area contributed by atoms with Gasteiger partial charge in [0.2, 0.25) is 5.91 Å². The topological polar surface area (TPSA) is 32.3 Å². The number of hydrogen-bond donors (Lipinski definition) is 1. The van der Waals surface area contributed by atoms with Gasteiger partial charge in [0.1, 0.15) is 0 Å². The maximum absolute atomic E-state index is 12.3.